The molecule has 4 nitrogen and oxygen atoms in total. The van der Waals surface area contributed by atoms with Crippen molar-refractivity contribution in [3.8, 4) is 5.75 Å². The van der Waals surface area contributed by atoms with E-state index in [4.69, 9.17) is 9.47 Å². The molecule has 1 unspecified atom stereocenters. The van der Waals surface area contributed by atoms with E-state index in [0.717, 1.165) is 5.75 Å². The Kier molecular flexibility index (Phi) is 6.02. The standard InChI is InChI=1S/C16H25NO3/c1-16(2,3)12-6-8-13(9-7-12)20-11-10-14(17-4)15(18)19-5/h6-9,14,17H,10-11H2,1-5H3. The third kappa shape index (κ3) is 4.85. The fourth-order valence-electron chi connectivity index (χ4n) is 1.87. The molecule has 0 aliphatic heterocycles. The third-order valence-corrected chi connectivity index (χ3v) is 3.23. The number of carbonyl (C=O) groups excluding carboxylic acids is 1. The number of ether oxygens (including phenoxy) is 2. The zero-order valence-electron chi connectivity index (χ0n) is 13.0. The van der Waals surface area contributed by atoms with Crippen molar-refractivity contribution in [3.05, 3.63) is 29.8 Å². The van der Waals surface area contributed by atoms with Gasteiger partial charge in [0.2, 0.25) is 0 Å². The number of hydrogen-bond donors (Lipinski definition) is 1. The van der Waals surface area contributed by atoms with Crippen molar-refractivity contribution in [2.24, 2.45) is 0 Å². The molecule has 1 atom stereocenters. The highest BCUT2D eigenvalue weighted by Gasteiger charge is 2.16. The fraction of sp³-hybridized carbons (Fsp3) is 0.562. The van der Waals surface area contributed by atoms with Crippen LogP contribution in [0.25, 0.3) is 0 Å². The molecule has 0 saturated heterocycles. The van der Waals surface area contributed by atoms with Gasteiger partial charge in [0, 0.05) is 6.42 Å². The number of likely N-dealkylation sites (N-methyl/N-ethyl adjacent to an activating group) is 1. The Morgan fingerprint density at radius 1 is 1.25 bits per heavy atom. The maximum Gasteiger partial charge on any atom is 0.322 e. The maximum absolute atomic E-state index is 11.4. The number of hydrogen-bond acceptors (Lipinski definition) is 4. The van der Waals surface area contributed by atoms with Crippen LogP contribution < -0.4 is 10.1 Å². The van der Waals surface area contributed by atoms with Gasteiger partial charge in [-0.3, -0.25) is 4.79 Å². The minimum atomic E-state index is -0.325. The molecule has 0 spiro atoms. The second kappa shape index (κ2) is 7.29. The molecule has 112 valence electrons. The highest BCUT2D eigenvalue weighted by molar-refractivity contribution is 5.75. The quantitative estimate of drug-likeness (QED) is 0.813. The summed E-state index contributed by atoms with van der Waals surface area (Å²) in [5.41, 5.74) is 1.41. The van der Waals surface area contributed by atoms with Gasteiger partial charge in [-0.15, -0.1) is 0 Å². The van der Waals surface area contributed by atoms with Crippen molar-refractivity contribution < 1.29 is 14.3 Å². The second-order valence-electron chi connectivity index (χ2n) is 5.78. The van der Waals surface area contributed by atoms with E-state index in [2.05, 4.69) is 38.2 Å². The molecule has 0 radical (unpaired) electrons. The number of methoxy groups -OCH3 is 1. The first-order valence-electron chi connectivity index (χ1n) is 6.87. The highest BCUT2D eigenvalue weighted by Crippen LogP contribution is 2.24. The zero-order chi connectivity index (χ0) is 15.2. The summed E-state index contributed by atoms with van der Waals surface area (Å²) in [6.45, 7) is 7.00. The van der Waals surface area contributed by atoms with Gasteiger partial charge in [-0.05, 0) is 30.2 Å². The average Bonchev–Trinajstić information content (AvgIpc) is 2.42. The average molecular weight is 279 g/mol. The summed E-state index contributed by atoms with van der Waals surface area (Å²) < 4.78 is 10.4. The van der Waals surface area contributed by atoms with Gasteiger partial charge in [0.25, 0.3) is 0 Å². The number of rotatable bonds is 6. The first-order chi connectivity index (χ1) is 9.38. The van der Waals surface area contributed by atoms with Crippen LogP contribution in [-0.2, 0) is 14.9 Å². The van der Waals surface area contributed by atoms with Crippen LogP contribution in [0, 0.1) is 0 Å². The van der Waals surface area contributed by atoms with E-state index in [0.29, 0.717) is 13.0 Å². The van der Waals surface area contributed by atoms with Gasteiger partial charge < -0.3 is 14.8 Å². The Labute approximate surface area is 121 Å². The Balaban J connectivity index is 2.48. The molecule has 0 aliphatic rings. The molecule has 0 aliphatic carbocycles. The van der Waals surface area contributed by atoms with E-state index < -0.39 is 0 Å². The van der Waals surface area contributed by atoms with Crippen molar-refractivity contribution in [2.45, 2.75) is 38.6 Å². The lowest BCUT2D eigenvalue weighted by Gasteiger charge is -2.19. The summed E-state index contributed by atoms with van der Waals surface area (Å²) in [6.07, 6.45) is 0.574. The lowest BCUT2D eigenvalue weighted by atomic mass is 9.87. The van der Waals surface area contributed by atoms with Crippen LogP contribution in [0.5, 0.6) is 5.75 Å². The lowest BCUT2D eigenvalue weighted by Crippen LogP contribution is -2.36. The first-order valence-corrected chi connectivity index (χ1v) is 6.87. The van der Waals surface area contributed by atoms with Crippen molar-refractivity contribution in [1.82, 2.24) is 5.32 Å². The number of nitrogens with one attached hydrogen (secondary N) is 1. The summed E-state index contributed by atoms with van der Waals surface area (Å²) in [7, 11) is 3.12. The van der Waals surface area contributed by atoms with Gasteiger partial charge in [0.15, 0.2) is 0 Å². The molecule has 4 heteroatoms. The maximum atomic E-state index is 11.4. The summed E-state index contributed by atoms with van der Waals surface area (Å²) >= 11 is 0. The Morgan fingerprint density at radius 3 is 2.30 bits per heavy atom. The van der Waals surface area contributed by atoms with Crippen molar-refractivity contribution in [2.75, 3.05) is 20.8 Å². The van der Waals surface area contributed by atoms with Gasteiger partial charge in [-0.1, -0.05) is 32.9 Å². The predicted octanol–water partition coefficient (Wildman–Crippen LogP) is 2.51. The molecule has 0 bridgehead atoms. The van der Waals surface area contributed by atoms with Crippen molar-refractivity contribution in [1.29, 1.82) is 0 Å². The topological polar surface area (TPSA) is 47.6 Å². The molecule has 0 heterocycles. The molecule has 0 fully saturated rings. The number of benzene rings is 1. The summed E-state index contributed by atoms with van der Waals surface area (Å²) in [5, 5.41) is 2.91. The van der Waals surface area contributed by atoms with Crippen LogP contribution in [-0.4, -0.2) is 32.8 Å². The van der Waals surface area contributed by atoms with Gasteiger partial charge in [-0.2, -0.15) is 0 Å². The molecule has 0 aromatic heterocycles. The van der Waals surface area contributed by atoms with Gasteiger partial charge >= 0.3 is 5.97 Å². The van der Waals surface area contributed by atoms with Crippen LogP contribution in [0.1, 0.15) is 32.8 Å². The van der Waals surface area contributed by atoms with Crippen LogP contribution in [0.4, 0.5) is 0 Å². The Hall–Kier alpha value is -1.55. The van der Waals surface area contributed by atoms with E-state index in [1.165, 1.54) is 12.7 Å². The molecule has 0 amide bonds. The highest BCUT2D eigenvalue weighted by atomic mass is 16.5. The van der Waals surface area contributed by atoms with E-state index in [-0.39, 0.29) is 17.4 Å². The third-order valence-electron chi connectivity index (χ3n) is 3.23. The van der Waals surface area contributed by atoms with Crippen LogP contribution in [0.2, 0.25) is 0 Å². The summed E-state index contributed by atoms with van der Waals surface area (Å²) in [5.74, 6) is 0.553. The van der Waals surface area contributed by atoms with E-state index in [9.17, 15) is 4.79 Å². The fourth-order valence-corrected chi connectivity index (χ4v) is 1.87. The minimum Gasteiger partial charge on any atom is -0.494 e. The zero-order valence-corrected chi connectivity index (χ0v) is 13.0. The van der Waals surface area contributed by atoms with Gasteiger partial charge in [-0.25, -0.2) is 0 Å². The minimum absolute atomic E-state index is 0.140. The van der Waals surface area contributed by atoms with E-state index in [1.807, 2.05) is 12.1 Å². The van der Waals surface area contributed by atoms with Crippen molar-refractivity contribution >= 4 is 5.97 Å². The number of carbonyl (C=O) groups is 1. The summed E-state index contributed by atoms with van der Waals surface area (Å²) in [6, 6.07) is 7.75. The molecule has 1 rings (SSSR count). The Morgan fingerprint density at radius 2 is 1.85 bits per heavy atom. The second-order valence-corrected chi connectivity index (χ2v) is 5.78. The SMILES string of the molecule is CNC(CCOc1ccc(C(C)(C)C)cc1)C(=O)OC. The smallest absolute Gasteiger partial charge is 0.322 e. The van der Waals surface area contributed by atoms with Crippen molar-refractivity contribution in [3.63, 3.8) is 0 Å². The molecule has 1 N–H and O–H groups in total. The van der Waals surface area contributed by atoms with Crippen LogP contribution in [0.3, 0.4) is 0 Å². The molecule has 1 aromatic carbocycles. The largest absolute Gasteiger partial charge is 0.494 e. The first kappa shape index (κ1) is 16.5. The van der Waals surface area contributed by atoms with E-state index >= 15 is 0 Å². The molecule has 1 aromatic rings. The number of esters is 1. The van der Waals surface area contributed by atoms with E-state index in [1.54, 1.807) is 7.05 Å². The lowest BCUT2D eigenvalue weighted by molar-refractivity contribution is -0.143. The predicted molar refractivity (Wildman–Crippen MR) is 80.1 cm³/mol. The summed E-state index contributed by atoms with van der Waals surface area (Å²) in [4.78, 5) is 11.4. The van der Waals surface area contributed by atoms with Crippen LogP contribution >= 0.6 is 0 Å². The Bertz CT molecular complexity index is 420. The molecular weight excluding hydrogens is 254 g/mol. The van der Waals surface area contributed by atoms with Gasteiger partial charge in [0.1, 0.15) is 11.8 Å². The molecular formula is C16H25NO3. The monoisotopic (exact) mass is 279 g/mol. The normalized spacial score (nSPS) is 12.8. The van der Waals surface area contributed by atoms with Crippen LogP contribution in [0.15, 0.2) is 24.3 Å². The molecule has 20 heavy (non-hydrogen) atoms. The van der Waals surface area contributed by atoms with Gasteiger partial charge in [0.05, 0.1) is 13.7 Å². The molecule has 0 saturated carbocycles.